The Labute approximate surface area is 133 Å². The maximum atomic E-state index is 6.36. The zero-order chi connectivity index (χ0) is 14.7. The molecule has 116 valence electrons. The number of piperidine rings is 1. The van der Waals surface area contributed by atoms with E-state index in [0.717, 1.165) is 23.7 Å². The molecule has 1 aliphatic carbocycles. The molecule has 1 aromatic carbocycles. The van der Waals surface area contributed by atoms with Gasteiger partial charge in [0.1, 0.15) is 11.9 Å². The third-order valence-electron chi connectivity index (χ3n) is 4.90. The van der Waals surface area contributed by atoms with Crippen molar-refractivity contribution in [3.05, 3.63) is 28.8 Å². The van der Waals surface area contributed by atoms with Crippen LogP contribution in [0.3, 0.4) is 0 Å². The van der Waals surface area contributed by atoms with E-state index < -0.39 is 0 Å². The predicted molar refractivity (Wildman–Crippen MR) is 88.4 cm³/mol. The van der Waals surface area contributed by atoms with Crippen molar-refractivity contribution in [3.8, 4) is 5.75 Å². The molecular formula is C18H26ClNO. The average Bonchev–Trinajstić information content (AvgIpc) is 2.48. The lowest BCUT2D eigenvalue weighted by Crippen LogP contribution is -2.38. The second-order valence-corrected chi connectivity index (χ2v) is 7.10. The first kappa shape index (κ1) is 15.2. The monoisotopic (exact) mass is 307 g/mol. The van der Waals surface area contributed by atoms with Crippen LogP contribution in [-0.4, -0.2) is 31.1 Å². The number of benzene rings is 1. The molecule has 1 saturated carbocycles. The Morgan fingerprint density at radius 1 is 1.10 bits per heavy atom. The minimum absolute atomic E-state index is 0.310. The highest BCUT2D eigenvalue weighted by Gasteiger charge is 2.23. The number of hydrogen-bond donors (Lipinski definition) is 0. The molecule has 0 unspecified atom stereocenters. The van der Waals surface area contributed by atoms with Gasteiger partial charge in [-0.25, -0.2) is 0 Å². The van der Waals surface area contributed by atoms with E-state index in [9.17, 15) is 0 Å². The number of hydrogen-bond acceptors (Lipinski definition) is 2. The summed E-state index contributed by atoms with van der Waals surface area (Å²) in [7, 11) is 2.18. The maximum Gasteiger partial charge on any atom is 0.124 e. The van der Waals surface area contributed by atoms with Gasteiger partial charge in [0, 0.05) is 11.6 Å². The van der Waals surface area contributed by atoms with Crippen LogP contribution in [0.4, 0.5) is 0 Å². The first-order valence-electron chi connectivity index (χ1n) is 8.37. The van der Waals surface area contributed by atoms with Crippen LogP contribution in [0.2, 0.25) is 5.02 Å². The van der Waals surface area contributed by atoms with Crippen LogP contribution >= 0.6 is 11.6 Å². The quantitative estimate of drug-likeness (QED) is 0.790. The minimum Gasteiger partial charge on any atom is -0.489 e. The van der Waals surface area contributed by atoms with Gasteiger partial charge in [0.15, 0.2) is 0 Å². The largest absolute Gasteiger partial charge is 0.489 e. The van der Waals surface area contributed by atoms with Gasteiger partial charge in [-0.15, -0.1) is 0 Å². The van der Waals surface area contributed by atoms with Gasteiger partial charge in [0.05, 0.1) is 0 Å². The molecule has 21 heavy (non-hydrogen) atoms. The van der Waals surface area contributed by atoms with E-state index in [1.165, 1.54) is 50.6 Å². The molecule has 0 aromatic heterocycles. The normalized spacial score (nSPS) is 25.0. The average molecular weight is 308 g/mol. The molecule has 0 radical (unpaired) electrons. The smallest absolute Gasteiger partial charge is 0.124 e. The van der Waals surface area contributed by atoms with Crippen molar-refractivity contribution in [2.24, 2.45) is 0 Å². The Hall–Kier alpha value is -0.730. The second-order valence-electron chi connectivity index (χ2n) is 6.66. The van der Waals surface area contributed by atoms with Gasteiger partial charge in [-0.2, -0.15) is 0 Å². The molecule has 0 N–H and O–H groups in total. The summed E-state index contributed by atoms with van der Waals surface area (Å²) in [6.07, 6.45) is 9.35. The van der Waals surface area contributed by atoms with Crippen LogP contribution in [0.5, 0.6) is 5.75 Å². The summed E-state index contributed by atoms with van der Waals surface area (Å²) < 4.78 is 6.36. The lowest BCUT2D eigenvalue weighted by molar-refractivity contribution is 0.103. The summed E-state index contributed by atoms with van der Waals surface area (Å²) in [6, 6.07) is 6.24. The van der Waals surface area contributed by atoms with E-state index >= 15 is 0 Å². The van der Waals surface area contributed by atoms with Crippen LogP contribution in [-0.2, 0) is 0 Å². The number of likely N-dealkylation sites (N-methyl/N-ethyl adjacent to an activating group) is 1. The van der Waals surface area contributed by atoms with E-state index in [1.54, 1.807) is 0 Å². The number of nitrogens with zero attached hydrogens (tertiary/aromatic N) is 1. The topological polar surface area (TPSA) is 12.5 Å². The van der Waals surface area contributed by atoms with Crippen LogP contribution in [0.25, 0.3) is 0 Å². The molecule has 1 saturated heterocycles. The van der Waals surface area contributed by atoms with Gasteiger partial charge in [0.25, 0.3) is 0 Å². The highest BCUT2D eigenvalue weighted by molar-refractivity contribution is 6.30. The van der Waals surface area contributed by atoms with Crippen LogP contribution < -0.4 is 4.74 Å². The summed E-state index contributed by atoms with van der Waals surface area (Å²) >= 11 is 6.21. The van der Waals surface area contributed by atoms with Crippen molar-refractivity contribution in [3.63, 3.8) is 0 Å². The standard InChI is InChI=1S/C18H26ClNO/c1-20-11-5-8-16(13-20)21-18-12-15(19)9-10-17(18)14-6-3-2-4-7-14/h9-10,12,14,16H,2-8,11,13H2,1H3/t16-/m0/s1. The Morgan fingerprint density at radius 3 is 2.67 bits per heavy atom. The molecular weight excluding hydrogens is 282 g/mol. The molecule has 0 bridgehead atoms. The Kier molecular flexibility index (Phi) is 5.07. The van der Waals surface area contributed by atoms with Gasteiger partial charge < -0.3 is 9.64 Å². The summed E-state index contributed by atoms with van der Waals surface area (Å²) in [4.78, 5) is 2.36. The lowest BCUT2D eigenvalue weighted by Gasteiger charge is -2.32. The van der Waals surface area contributed by atoms with Crippen molar-refractivity contribution < 1.29 is 4.74 Å². The van der Waals surface area contributed by atoms with Crippen molar-refractivity contribution in [1.29, 1.82) is 0 Å². The fourth-order valence-corrected chi connectivity index (χ4v) is 3.92. The van der Waals surface area contributed by atoms with Gasteiger partial charge in [-0.1, -0.05) is 36.9 Å². The molecule has 1 atom stereocenters. The third-order valence-corrected chi connectivity index (χ3v) is 5.13. The van der Waals surface area contributed by atoms with Crippen LogP contribution in [0.15, 0.2) is 18.2 Å². The number of ether oxygens (including phenoxy) is 1. The third kappa shape index (κ3) is 3.92. The van der Waals surface area contributed by atoms with Crippen molar-refractivity contribution in [1.82, 2.24) is 4.90 Å². The molecule has 2 aliphatic rings. The first-order chi connectivity index (χ1) is 10.2. The molecule has 1 heterocycles. The van der Waals surface area contributed by atoms with Crippen LogP contribution in [0.1, 0.15) is 56.4 Å². The zero-order valence-electron chi connectivity index (χ0n) is 13.0. The molecule has 3 rings (SSSR count). The Bertz CT molecular complexity index is 470. The molecule has 1 aliphatic heterocycles. The summed E-state index contributed by atoms with van der Waals surface area (Å²) in [5, 5.41) is 0.786. The fraction of sp³-hybridized carbons (Fsp3) is 0.667. The molecule has 0 amide bonds. The van der Waals surface area contributed by atoms with Gasteiger partial charge in [-0.05, 0) is 62.9 Å². The fourth-order valence-electron chi connectivity index (χ4n) is 3.76. The lowest BCUT2D eigenvalue weighted by atomic mass is 9.83. The molecule has 1 aromatic rings. The summed E-state index contributed by atoms with van der Waals surface area (Å²) in [6.45, 7) is 2.21. The second kappa shape index (κ2) is 7.02. The summed E-state index contributed by atoms with van der Waals surface area (Å²) in [5.74, 6) is 1.70. The number of likely N-dealkylation sites (tertiary alicyclic amines) is 1. The van der Waals surface area contributed by atoms with Crippen molar-refractivity contribution >= 4 is 11.6 Å². The zero-order valence-corrected chi connectivity index (χ0v) is 13.7. The van der Waals surface area contributed by atoms with Crippen molar-refractivity contribution in [2.75, 3.05) is 20.1 Å². The molecule has 3 heteroatoms. The first-order valence-corrected chi connectivity index (χ1v) is 8.75. The maximum absolute atomic E-state index is 6.36. The van der Waals surface area contributed by atoms with Gasteiger partial charge >= 0.3 is 0 Å². The highest BCUT2D eigenvalue weighted by Crippen LogP contribution is 2.39. The minimum atomic E-state index is 0.310. The van der Waals surface area contributed by atoms with Crippen molar-refractivity contribution in [2.45, 2.75) is 57.0 Å². The Balaban J connectivity index is 1.77. The molecule has 2 nitrogen and oxygen atoms in total. The number of rotatable bonds is 3. The van der Waals surface area contributed by atoms with E-state index in [0.29, 0.717) is 12.0 Å². The summed E-state index contributed by atoms with van der Waals surface area (Å²) in [5.41, 5.74) is 1.38. The van der Waals surface area contributed by atoms with E-state index in [-0.39, 0.29) is 0 Å². The van der Waals surface area contributed by atoms with Crippen LogP contribution in [0, 0.1) is 0 Å². The van der Waals surface area contributed by atoms with E-state index in [1.807, 2.05) is 12.1 Å². The molecule has 2 fully saturated rings. The van der Waals surface area contributed by atoms with Gasteiger partial charge in [-0.3, -0.25) is 0 Å². The highest BCUT2D eigenvalue weighted by atomic mass is 35.5. The predicted octanol–water partition coefficient (Wildman–Crippen LogP) is 4.86. The number of halogens is 1. The van der Waals surface area contributed by atoms with E-state index in [4.69, 9.17) is 16.3 Å². The SMILES string of the molecule is CN1CCC[C@H](Oc2cc(Cl)ccc2C2CCCCC2)C1. The molecule has 0 spiro atoms. The van der Waals surface area contributed by atoms with E-state index in [2.05, 4.69) is 18.0 Å². The Morgan fingerprint density at radius 2 is 1.90 bits per heavy atom. The van der Waals surface area contributed by atoms with Gasteiger partial charge in [0.2, 0.25) is 0 Å².